The van der Waals surface area contributed by atoms with Crippen LogP contribution in [0.5, 0.6) is 0 Å². The van der Waals surface area contributed by atoms with Gasteiger partial charge in [0.25, 0.3) is 10.1 Å². The molecule has 4 nitrogen and oxygen atoms in total. The van der Waals surface area contributed by atoms with Gasteiger partial charge < -0.3 is 4.90 Å². The normalized spacial score (nSPS) is 12.1. The second kappa shape index (κ2) is 4.61. The highest BCUT2D eigenvalue weighted by Gasteiger charge is 2.15. The second-order valence-corrected chi connectivity index (χ2v) is 5.77. The fraction of sp³-hybridized carbons (Fsp3) is 0.333. The van der Waals surface area contributed by atoms with Gasteiger partial charge in [0.1, 0.15) is 0 Å². The summed E-state index contributed by atoms with van der Waals surface area (Å²) in [6.45, 7) is 0.461. The fourth-order valence-corrected chi connectivity index (χ4v) is 2.49. The van der Waals surface area contributed by atoms with Crippen LogP contribution >= 0.6 is 15.9 Å². The monoisotopic (exact) mass is 293 g/mol. The predicted molar refractivity (Wildman–Crippen MR) is 61.3 cm³/mol. The largest absolute Gasteiger partial charge is 0.305 e. The van der Waals surface area contributed by atoms with Crippen molar-refractivity contribution in [2.45, 2.75) is 11.4 Å². The lowest BCUT2D eigenvalue weighted by molar-refractivity contribution is 0.397. The summed E-state index contributed by atoms with van der Waals surface area (Å²) in [7, 11) is -0.500. The van der Waals surface area contributed by atoms with Crippen molar-refractivity contribution in [2.75, 3.05) is 14.1 Å². The van der Waals surface area contributed by atoms with Gasteiger partial charge >= 0.3 is 0 Å². The van der Waals surface area contributed by atoms with E-state index in [2.05, 4.69) is 15.9 Å². The molecule has 0 saturated carbocycles. The molecule has 0 amide bonds. The molecule has 0 heterocycles. The number of nitrogens with zero attached hydrogens (tertiary/aromatic N) is 1. The maximum Gasteiger partial charge on any atom is 0.294 e. The highest BCUT2D eigenvalue weighted by Crippen LogP contribution is 2.21. The molecule has 84 valence electrons. The lowest BCUT2D eigenvalue weighted by atomic mass is 10.2. The third-order valence-corrected chi connectivity index (χ3v) is 3.22. The van der Waals surface area contributed by atoms with Gasteiger partial charge in [-0.15, -0.1) is 0 Å². The van der Waals surface area contributed by atoms with E-state index in [1.54, 1.807) is 12.1 Å². The number of hydrogen-bond donors (Lipinski definition) is 1. The van der Waals surface area contributed by atoms with Crippen LogP contribution in [0.4, 0.5) is 0 Å². The van der Waals surface area contributed by atoms with Crippen LogP contribution in [-0.4, -0.2) is 32.0 Å². The molecule has 0 unspecified atom stereocenters. The Morgan fingerprint density at radius 3 is 2.47 bits per heavy atom. The number of hydrogen-bond acceptors (Lipinski definition) is 3. The Labute approximate surface area is 97.8 Å². The van der Waals surface area contributed by atoms with Crippen LogP contribution in [0.25, 0.3) is 0 Å². The van der Waals surface area contributed by atoms with Crippen LogP contribution in [-0.2, 0) is 16.7 Å². The Morgan fingerprint density at radius 2 is 2.00 bits per heavy atom. The Hall–Kier alpha value is -0.430. The zero-order valence-corrected chi connectivity index (χ0v) is 10.8. The van der Waals surface area contributed by atoms with E-state index in [0.29, 0.717) is 16.6 Å². The van der Waals surface area contributed by atoms with Crippen molar-refractivity contribution in [1.29, 1.82) is 0 Å². The second-order valence-electron chi connectivity index (χ2n) is 3.46. The van der Waals surface area contributed by atoms with Crippen LogP contribution in [0.1, 0.15) is 5.56 Å². The smallest absolute Gasteiger partial charge is 0.294 e. The molecule has 0 atom stereocenters. The van der Waals surface area contributed by atoms with Crippen LogP contribution in [0.2, 0.25) is 0 Å². The minimum absolute atomic E-state index is 0.0504. The first-order valence-electron chi connectivity index (χ1n) is 4.21. The number of benzene rings is 1. The van der Waals surface area contributed by atoms with Gasteiger partial charge in [0, 0.05) is 11.0 Å². The van der Waals surface area contributed by atoms with E-state index in [0.717, 1.165) is 0 Å². The van der Waals surface area contributed by atoms with Gasteiger partial charge in [-0.1, -0.05) is 22.0 Å². The van der Waals surface area contributed by atoms with E-state index < -0.39 is 10.1 Å². The van der Waals surface area contributed by atoms with Gasteiger partial charge in [0.15, 0.2) is 0 Å². The third kappa shape index (κ3) is 3.57. The summed E-state index contributed by atoms with van der Waals surface area (Å²) in [4.78, 5) is 1.78. The van der Waals surface area contributed by atoms with Gasteiger partial charge in [0.05, 0.1) is 4.90 Å². The van der Waals surface area contributed by atoms with Crippen molar-refractivity contribution in [3.63, 3.8) is 0 Å². The van der Waals surface area contributed by atoms with E-state index in [4.69, 9.17) is 4.55 Å². The zero-order valence-electron chi connectivity index (χ0n) is 8.44. The van der Waals surface area contributed by atoms with Crippen LogP contribution in [0.3, 0.4) is 0 Å². The van der Waals surface area contributed by atoms with Crippen LogP contribution in [0.15, 0.2) is 27.6 Å². The third-order valence-electron chi connectivity index (χ3n) is 1.79. The standard InChI is InChI=1S/C9H12BrNO3S/c1-11(2)6-7-3-4-8(10)5-9(7)15(12,13)14/h3-5H,6H2,1-2H3,(H,12,13,14). The predicted octanol–water partition coefficient (Wildman–Crippen LogP) is 1.76. The van der Waals surface area contributed by atoms with Gasteiger partial charge in [-0.3, -0.25) is 4.55 Å². The van der Waals surface area contributed by atoms with Gasteiger partial charge in [0.2, 0.25) is 0 Å². The molecule has 6 heteroatoms. The lowest BCUT2D eigenvalue weighted by Crippen LogP contribution is -2.14. The van der Waals surface area contributed by atoms with Gasteiger partial charge in [-0.2, -0.15) is 8.42 Å². The molecule has 15 heavy (non-hydrogen) atoms. The van der Waals surface area contributed by atoms with Crippen molar-refractivity contribution in [1.82, 2.24) is 4.90 Å². The molecule has 0 aromatic heterocycles. The molecule has 0 spiro atoms. The molecule has 0 aliphatic carbocycles. The first kappa shape index (κ1) is 12.6. The first-order chi connectivity index (χ1) is 6.80. The van der Waals surface area contributed by atoms with E-state index in [1.165, 1.54) is 6.07 Å². The van der Waals surface area contributed by atoms with Gasteiger partial charge in [-0.25, -0.2) is 0 Å². The molecular formula is C9H12BrNO3S. The van der Waals surface area contributed by atoms with Crippen LogP contribution < -0.4 is 0 Å². The average molecular weight is 294 g/mol. The van der Waals surface area contributed by atoms with E-state index in [-0.39, 0.29) is 4.90 Å². The van der Waals surface area contributed by atoms with E-state index in [9.17, 15) is 8.42 Å². The molecule has 0 aliphatic rings. The van der Waals surface area contributed by atoms with Crippen molar-refractivity contribution in [2.24, 2.45) is 0 Å². The summed E-state index contributed by atoms with van der Waals surface area (Å²) in [5.41, 5.74) is 0.575. The van der Waals surface area contributed by atoms with E-state index >= 15 is 0 Å². The zero-order chi connectivity index (χ0) is 11.6. The summed E-state index contributed by atoms with van der Waals surface area (Å²) in [6.07, 6.45) is 0. The minimum Gasteiger partial charge on any atom is -0.305 e. The number of rotatable bonds is 3. The van der Waals surface area contributed by atoms with Crippen molar-refractivity contribution in [3.05, 3.63) is 28.2 Å². The summed E-state index contributed by atoms with van der Waals surface area (Å²) in [5.74, 6) is 0. The summed E-state index contributed by atoms with van der Waals surface area (Å²) < 4.78 is 31.9. The van der Waals surface area contributed by atoms with Gasteiger partial charge in [-0.05, 0) is 31.8 Å². The summed E-state index contributed by atoms with van der Waals surface area (Å²) in [6, 6.07) is 4.81. The quantitative estimate of drug-likeness (QED) is 0.863. The molecule has 0 saturated heterocycles. The van der Waals surface area contributed by atoms with Crippen LogP contribution in [0, 0.1) is 0 Å². The average Bonchev–Trinajstić information content (AvgIpc) is 2.05. The fourth-order valence-electron chi connectivity index (χ4n) is 1.24. The molecule has 1 N–H and O–H groups in total. The van der Waals surface area contributed by atoms with E-state index in [1.807, 2.05) is 19.0 Å². The lowest BCUT2D eigenvalue weighted by Gasteiger charge is -2.12. The Balaban J connectivity index is 3.27. The van der Waals surface area contributed by atoms with Crippen molar-refractivity contribution < 1.29 is 13.0 Å². The van der Waals surface area contributed by atoms with Crippen molar-refractivity contribution >= 4 is 26.0 Å². The molecule has 0 radical (unpaired) electrons. The maximum atomic E-state index is 11.1. The molecule has 0 bridgehead atoms. The Bertz CT molecular complexity index is 456. The molecular weight excluding hydrogens is 282 g/mol. The molecule has 1 aromatic carbocycles. The maximum absolute atomic E-state index is 11.1. The molecule has 0 aliphatic heterocycles. The molecule has 0 fully saturated rings. The first-order valence-corrected chi connectivity index (χ1v) is 6.44. The molecule has 1 aromatic rings. The minimum atomic E-state index is -4.16. The molecule has 1 rings (SSSR count). The summed E-state index contributed by atoms with van der Waals surface area (Å²) in [5, 5.41) is 0. The topological polar surface area (TPSA) is 57.6 Å². The Morgan fingerprint density at radius 1 is 1.40 bits per heavy atom. The summed E-state index contributed by atoms with van der Waals surface area (Å²) >= 11 is 3.17. The Kier molecular flexibility index (Phi) is 3.88. The number of halogens is 1. The highest BCUT2D eigenvalue weighted by atomic mass is 79.9. The highest BCUT2D eigenvalue weighted by molar-refractivity contribution is 9.10. The SMILES string of the molecule is CN(C)Cc1ccc(Br)cc1S(=O)(=O)O. The van der Waals surface area contributed by atoms with Crippen molar-refractivity contribution in [3.8, 4) is 0 Å².